The average molecular weight is 348 g/mol. The molecule has 1 aromatic heterocycles. The molecule has 26 heavy (non-hydrogen) atoms. The van der Waals surface area contributed by atoms with Gasteiger partial charge in [-0.2, -0.15) is 0 Å². The molecule has 5 nitrogen and oxygen atoms in total. The summed E-state index contributed by atoms with van der Waals surface area (Å²) < 4.78 is 5.54. The summed E-state index contributed by atoms with van der Waals surface area (Å²) in [7, 11) is 0. The first-order valence-corrected chi connectivity index (χ1v) is 8.76. The molecule has 2 N–H and O–H groups in total. The molecule has 5 heteroatoms. The maximum Gasteiger partial charge on any atom is 0.251 e. The minimum atomic E-state index is -0.122. The lowest BCUT2D eigenvalue weighted by atomic mass is 10.1. The maximum absolute atomic E-state index is 12.3. The van der Waals surface area contributed by atoms with Gasteiger partial charge in [-0.1, -0.05) is 12.1 Å². The summed E-state index contributed by atoms with van der Waals surface area (Å²) in [5, 5.41) is 6.76. The largest absolute Gasteiger partial charge is 0.464 e. The van der Waals surface area contributed by atoms with E-state index in [-0.39, 0.29) is 18.2 Å². The van der Waals surface area contributed by atoms with Gasteiger partial charge in [0.15, 0.2) is 0 Å². The predicted molar refractivity (Wildman–Crippen MR) is 100 cm³/mol. The van der Waals surface area contributed by atoms with Crippen molar-refractivity contribution in [2.24, 2.45) is 0 Å². The standard InChI is InChI=1S/C21H20N2O3/c1-13-2-9-18-15(12-26-19(18)10-13)11-20(24)22-16-5-3-14(4-6-16)21(25)23-17-7-8-17/h2-6,9-10,12,17H,7-8,11H2,1H3,(H,22,24)(H,23,25). The van der Waals surface area contributed by atoms with Gasteiger partial charge in [0.05, 0.1) is 12.7 Å². The summed E-state index contributed by atoms with van der Waals surface area (Å²) in [5.41, 5.74) is 4.04. The summed E-state index contributed by atoms with van der Waals surface area (Å²) in [4.78, 5) is 24.3. The van der Waals surface area contributed by atoms with Crippen LogP contribution in [0.1, 0.15) is 34.3 Å². The first-order chi connectivity index (χ1) is 12.6. The molecule has 1 aliphatic rings. The van der Waals surface area contributed by atoms with E-state index in [1.165, 1.54) is 0 Å². The highest BCUT2D eigenvalue weighted by Gasteiger charge is 2.23. The van der Waals surface area contributed by atoms with Crippen LogP contribution in [0.5, 0.6) is 0 Å². The fourth-order valence-electron chi connectivity index (χ4n) is 2.91. The molecule has 0 aliphatic heterocycles. The van der Waals surface area contributed by atoms with Crippen LogP contribution in [0.25, 0.3) is 11.0 Å². The molecule has 1 saturated carbocycles. The summed E-state index contributed by atoms with van der Waals surface area (Å²) in [6, 6.07) is 13.2. The third-order valence-corrected chi connectivity index (χ3v) is 4.51. The Labute approximate surface area is 151 Å². The van der Waals surface area contributed by atoms with Crippen LogP contribution in [0, 0.1) is 6.92 Å². The van der Waals surface area contributed by atoms with E-state index in [9.17, 15) is 9.59 Å². The monoisotopic (exact) mass is 348 g/mol. The SMILES string of the molecule is Cc1ccc2c(CC(=O)Nc3ccc(C(=O)NC4CC4)cc3)coc2c1. The normalized spacial score (nSPS) is 13.6. The second-order valence-corrected chi connectivity index (χ2v) is 6.81. The van der Waals surface area contributed by atoms with Gasteiger partial charge in [0.2, 0.25) is 5.91 Å². The van der Waals surface area contributed by atoms with Crippen LogP contribution in [0.3, 0.4) is 0 Å². The Morgan fingerprint density at radius 3 is 2.62 bits per heavy atom. The number of furan rings is 1. The Balaban J connectivity index is 1.40. The minimum absolute atomic E-state index is 0.0643. The Bertz CT molecular complexity index is 969. The van der Waals surface area contributed by atoms with Crippen molar-refractivity contribution in [2.45, 2.75) is 32.2 Å². The molecule has 0 saturated heterocycles. The summed E-state index contributed by atoms with van der Waals surface area (Å²) in [6.07, 6.45) is 3.99. The molecule has 3 aromatic rings. The number of carbonyl (C=O) groups excluding carboxylic acids is 2. The van der Waals surface area contributed by atoms with Gasteiger partial charge >= 0.3 is 0 Å². The van der Waals surface area contributed by atoms with Crippen molar-refractivity contribution >= 4 is 28.5 Å². The van der Waals surface area contributed by atoms with E-state index in [0.29, 0.717) is 17.3 Å². The molecule has 0 radical (unpaired) electrons. The number of amides is 2. The van der Waals surface area contributed by atoms with Gasteiger partial charge in [0.25, 0.3) is 5.91 Å². The van der Waals surface area contributed by atoms with Crippen molar-refractivity contribution in [2.75, 3.05) is 5.32 Å². The van der Waals surface area contributed by atoms with Crippen LogP contribution in [-0.4, -0.2) is 17.9 Å². The number of hydrogen-bond donors (Lipinski definition) is 2. The number of aryl methyl sites for hydroxylation is 1. The average Bonchev–Trinajstić information content (AvgIpc) is 3.35. The summed E-state index contributed by atoms with van der Waals surface area (Å²) >= 11 is 0. The van der Waals surface area contributed by atoms with Gasteiger partial charge < -0.3 is 15.1 Å². The van der Waals surface area contributed by atoms with Crippen LogP contribution in [0.4, 0.5) is 5.69 Å². The lowest BCUT2D eigenvalue weighted by Crippen LogP contribution is -2.25. The van der Waals surface area contributed by atoms with Crippen molar-refractivity contribution in [3.8, 4) is 0 Å². The second kappa shape index (κ2) is 6.67. The van der Waals surface area contributed by atoms with E-state index in [1.807, 2.05) is 25.1 Å². The van der Waals surface area contributed by atoms with Crippen LogP contribution in [0.15, 0.2) is 53.1 Å². The third kappa shape index (κ3) is 3.61. The van der Waals surface area contributed by atoms with E-state index in [2.05, 4.69) is 10.6 Å². The van der Waals surface area contributed by atoms with E-state index in [1.54, 1.807) is 30.5 Å². The number of benzene rings is 2. The molecule has 0 atom stereocenters. The topological polar surface area (TPSA) is 71.3 Å². The van der Waals surface area contributed by atoms with Crippen LogP contribution < -0.4 is 10.6 Å². The predicted octanol–water partition coefficient (Wildman–Crippen LogP) is 3.81. The van der Waals surface area contributed by atoms with E-state index >= 15 is 0 Å². The van der Waals surface area contributed by atoms with Crippen molar-refractivity contribution in [3.63, 3.8) is 0 Å². The molecule has 0 unspecified atom stereocenters. The highest BCUT2D eigenvalue weighted by atomic mass is 16.3. The first kappa shape index (κ1) is 16.4. The Kier molecular flexibility index (Phi) is 4.21. The summed E-state index contributed by atoms with van der Waals surface area (Å²) in [6.45, 7) is 2.00. The van der Waals surface area contributed by atoms with Gasteiger partial charge in [-0.3, -0.25) is 9.59 Å². The Morgan fingerprint density at radius 1 is 1.12 bits per heavy atom. The smallest absolute Gasteiger partial charge is 0.251 e. The maximum atomic E-state index is 12.3. The van der Waals surface area contributed by atoms with Gasteiger partial charge in [-0.15, -0.1) is 0 Å². The van der Waals surface area contributed by atoms with Crippen molar-refractivity contribution in [1.82, 2.24) is 5.32 Å². The molecular formula is C21H20N2O3. The molecule has 0 bridgehead atoms. The second-order valence-electron chi connectivity index (χ2n) is 6.81. The number of carbonyl (C=O) groups is 2. The number of nitrogens with one attached hydrogen (secondary N) is 2. The van der Waals surface area contributed by atoms with Gasteiger partial charge in [-0.25, -0.2) is 0 Å². The molecule has 1 aliphatic carbocycles. The van der Waals surface area contributed by atoms with E-state index in [4.69, 9.17) is 4.42 Å². The lowest BCUT2D eigenvalue weighted by molar-refractivity contribution is -0.115. The zero-order chi connectivity index (χ0) is 18.1. The number of rotatable bonds is 5. The zero-order valence-electron chi connectivity index (χ0n) is 14.5. The van der Waals surface area contributed by atoms with Gasteiger partial charge in [0, 0.05) is 28.2 Å². The number of fused-ring (bicyclic) bond motifs is 1. The lowest BCUT2D eigenvalue weighted by Gasteiger charge is -2.07. The number of hydrogen-bond acceptors (Lipinski definition) is 3. The third-order valence-electron chi connectivity index (χ3n) is 4.51. The minimum Gasteiger partial charge on any atom is -0.464 e. The van der Waals surface area contributed by atoms with Crippen molar-refractivity contribution in [1.29, 1.82) is 0 Å². The van der Waals surface area contributed by atoms with Gasteiger partial charge in [-0.05, 0) is 55.7 Å². The highest BCUT2D eigenvalue weighted by Crippen LogP contribution is 2.23. The molecule has 2 amide bonds. The molecule has 2 aromatic carbocycles. The Hall–Kier alpha value is -3.08. The van der Waals surface area contributed by atoms with Gasteiger partial charge in [0.1, 0.15) is 5.58 Å². The fraction of sp³-hybridized carbons (Fsp3) is 0.238. The zero-order valence-corrected chi connectivity index (χ0v) is 14.5. The Morgan fingerprint density at radius 2 is 1.88 bits per heavy atom. The van der Waals surface area contributed by atoms with Crippen LogP contribution in [-0.2, 0) is 11.2 Å². The van der Waals surface area contributed by atoms with Crippen LogP contribution >= 0.6 is 0 Å². The van der Waals surface area contributed by atoms with Crippen LogP contribution in [0.2, 0.25) is 0 Å². The number of anilines is 1. The molecule has 1 heterocycles. The molecule has 0 spiro atoms. The van der Waals surface area contributed by atoms with E-state index < -0.39 is 0 Å². The molecule has 1 fully saturated rings. The van der Waals surface area contributed by atoms with E-state index in [0.717, 1.165) is 34.9 Å². The molecule has 132 valence electrons. The van der Waals surface area contributed by atoms with Crippen molar-refractivity contribution < 1.29 is 14.0 Å². The first-order valence-electron chi connectivity index (χ1n) is 8.76. The molecular weight excluding hydrogens is 328 g/mol. The highest BCUT2D eigenvalue weighted by molar-refractivity contribution is 5.97. The molecule has 4 rings (SSSR count). The summed E-state index contributed by atoms with van der Waals surface area (Å²) in [5.74, 6) is -0.186. The quantitative estimate of drug-likeness (QED) is 0.736. The fourth-order valence-corrected chi connectivity index (χ4v) is 2.91. The van der Waals surface area contributed by atoms with Crippen molar-refractivity contribution in [3.05, 3.63) is 65.4 Å².